The van der Waals surface area contributed by atoms with Gasteiger partial charge in [0.05, 0.1) is 12.7 Å². The van der Waals surface area contributed by atoms with E-state index in [2.05, 4.69) is 0 Å². The third-order valence-electron chi connectivity index (χ3n) is 2.56. The van der Waals surface area contributed by atoms with Gasteiger partial charge in [0, 0.05) is 12.5 Å². The molecule has 2 atom stereocenters. The molecular formula is C13H18N2O4. The van der Waals surface area contributed by atoms with Gasteiger partial charge in [-0.2, -0.15) is 0 Å². The Balaban J connectivity index is 2.67. The summed E-state index contributed by atoms with van der Waals surface area (Å²) in [4.78, 5) is 21.9. The van der Waals surface area contributed by atoms with Gasteiger partial charge in [0.2, 0.25) is 5.91 Å². The summed E-state index contributed by atoms with van der Waals surface area (Å²) < 4.78 is 10.5. The van der Waals surface area contributed by atoms with Gasteiger partial charge < -0.3 is 20.9 Å². The number of ether oxygens (including phenoxy) is 2. The van der Waals surface area contributed by atoms with Crippen molar-refractivity contribution in [3.63, 3.8) is 0 Å². The van der Waals surface area contributed by atoms with Crippen LogP contribution in [0.2, 0.25) is 0 Å². The number of benzene rings is 1. The largest absolute Gasteiger partial charge is 0.426 e. The Kier molecular flexibility index (Phi) is 5.47. The van der Waals surface area contributed by atoms with Crippen LogP contribution in [0.25, 0.3) is 0 Å². The van der Waals surface area contributed by atoms with Gasteiger partial charge in [-0.1, -0.05) is 18.2 Å². The Morgan fingerprint density at radius 2 is 1.95 bits per heavy atom. The van der Waals surface area contributed by atoms with E-state index >= 15 is 0 Å². The molecule has 19 heavy (non-hydrogen) atoms. The van der Waals surface area contributed by atoms with Gasteiger partial charge in [-0.3, -0.25) is 9.59 Å². The minimum atomic E-state index is -0.874. The molecule has 0 aromatic heterocycles. The first-order valence-corrected chi connectivity index (χ1v) is 5.84. The van der Waals surface area contributed by atoms with Crippen molar-refractivity contribution in [3.05, 3.63) is 29.8 Å². The van der Waals surface area contributed by atoms with Crippen LogP contribution in [0.3, 0.4) is 0 Å². The molecule has 0 saturated carbocycles. The molecule has 0 aliphatic heterocycles. The highest BCUT2D eigenvalue weighted by Gasteiger charge is 2.19. The second kappa shape index (κ2) is 6.86. The number of hydrogen-bond donors (Lipinski definition) is 2. The zero-order valence-corrected chi connectivity index (χ0v) is 11.0. The number of amides is 1. The van der Waals surface area contributed by atoms with E-state index in [-0.39, 0.29) is 6.61 Å². The van der Waals surface area contributed by atoms with Crippen molar-refractivity contribution < 1.29 is 19.1 Å². The molecule has 1 aromatic carbocycles. The van der Waals surface area contributed by atoms with Crippen LogP contribution in [0.4, 0.5) is 0 Å². The smallest absolute Gasteiger partial charge is 0.308 e. The number of carbonyl (C=O) groups is 2. The molecule has 6 nitrogen and oxygen atoms in total. The van der Waals surface area contributed by atoms with Gasteiger partial charge in [0.15, 0.2) is 0 Å². The van der Waals surface area contributed by atoms with Gasteiger partial charge >= 0.3 is 5.97 Å². The monoisotopic (exact) mass is 266 g/mol. The fraction of sp³-hybridized carbons (Fsp3) is 0.385. The van der Waals surface area contributed by atoms with E-state index in [0.717, 1.165) is 0 Å². The summed E-state index contributed by atoms with van der Waals surface area (Å²) in [6.45, 7) is 3.15. The molecule has 104 valence electrons. The van der Waals surface area contributed by atoms with Crippen LogP contribution in [-0.4, -0.2) is 24.0 Å². The molecule has 1 rings (SSSR count). The molecule has 4 N–H and O–H groups in total. The molecule has 6 heteroatoms. The fourth-order valence-electron chi connectivity index (χ4n) is 1.43. The zero-order valence-electron chi connectivity index (χ0n) is 11.0. The van der Waals surface area contributed by atoms with E-state index in [4.69, 9.17) is 20.9 Å². The number of para-hydroxylation sites is 1. The van der Waals surface area contributed by atoms with Crippen LogP contribution in [0.15, 0.2) is 24.3 Å². The van der Waals surface area contributed by atoms with E-state index in [1.54, 1.807) is 31.2 Å². The number of carbonyl (C=O) groups excluding carboxylic acids is 2. The maximum absolute atomic E-state index is 11.0. The summed E-state index contributed by atoms with van der Waals surface area (Å²) >= 11 is 0. The maximum atomic E-state index is 11.0. The third kappa shape index (κ3) is 4.69. The highest BCUT2D eigenvalue weighted by atomic mass is 16.5. The Labute approximate surface area is 111 Å². The molecule has 0 saturated heterocycles. The van der Waals surface area contributed by atoms with Crippen LogP contribution in [-0.2, 0) is 20.9 Å². The van der Waals surface area contributed by atoms with E-state index in [0.29, 0.717) is 11.3 Å². The van der Waals surface area contributed by atoms with Crippen LogP contribution < -0.4 is 16.2 Å². The predicted molar refractivity (Wildman–Crippen MR) is 69.2 cm³/mol. The predicted octanol–water partition coefficient (Wildman–Crippen LogP) is 0.330. The standard InChI is InChI=1S/C13H18N2O4/c1-8(12(14)13(15)17)18-7-10-5-3-4-6-11(10)19-9(2)16/h3-6,8,12H,7,14H2,1-2H3,(H2,15,17). The molecule has 1 amide bonds. The van der Waals surface area contributed by atoms with Gasteiger partial charge in [0.25, 0.3) is 0 Å². The summed E-state index contributed by atoms with van der Waals surface area (Å²) in [6, 6.07) is 6.10. The highest BCUT2D eigenvalue weighted by molar-refractivity contribution is 5.80. The molecular weight excluding hydrogens is 248 g/mol. The van der Waals surface area contributed by atoms with Crippen LogP contribution in [0, 0.1) is 0 Å². The summed E-state index contributed by atoms with van der Waals surface area (Å²) in [6.07, 6.45) is -0.525. The van der Waals surface area contributed by atoms with Gasteiger partial charge in [-0.05, 0) is 13.0 Å². The second-order valence-electron chi connectivity index (χ2n) is 4.15. The van der Waals surface area contributed by atoms with E-state index in [1.807, 2.05) is 0 Å². The van der Waals surface area contributed by atoms with Crippen molar-refractivity contribution in [2.24, 2.45) is 11.5 Å². The van der Waals surface area contributed by atoms with Crippen molar-refractivity contribution in [2.75, 3.05) is 0 Å². The van der Waals surface area contributed by atoms with Gasteiger partial charge in [-0.15, -0.1) is 0 Å². The lowest BCUT2D eigenvalue weighted by molar-refractivity contribution is -0.132. The van der Waals surface area contributed by atoms with Crippen molar-refractivity contribution >= 4 is 11.9 Å². The van der Waals surface area contributed by atoms with Gasteiger partial charge in [-0.25, -0.2) is 0 Å². The fourth-order valence-corrected chi connectivity index (χ4v) is 1.43. The maximum Gasteiger partial charge on any atom is 0.308 e. The molecule has 0 fully saturated rings. The summed E-state index contributed by atoms with van der Waals surface area (Å²) in [7, 11) is 0. The molecule has 0 bridgehead atoms. The van der Waals surface area contributed by atoms with Crippen LogP contribution >= 0.6 is 0 Å². The molecule has 1 aromatic rings. The summed E-state index contributed by atoms with van der Waals surface area (Å²) in [5, 5.41) is 0. The highest BCUT2D eigenvalue weighted by Crippen LogP contribution is 2.19. The first kappa shape index (κ1) is 15.1. The van der Waals surface area contributed by atoms with E-state index in [9.17, 15) is 9.59 Å². The lowest BCUT2D eigenvalue weighted by atomic mass is 10.2. The third-order valence-corrected chi connectivity index (χ3v) is 2.56. The molecule has 0 radical (unpaired) electrons. The van der Waals surface area contributed by atoms with Crippen LogP contribution in [0.5, 0.6) is 5.75 Å². The lowest BCUT2D eigenvalue weighted by Crippen LogP contribution is -2.45. The molecule has 2 unspecified atom stereocenters. The number of rotatable bonds is 6. The average Bonchev–Trinajstić information content (AvgIpc) is 2.35. The number of hydrogen-bond acceptors (Lipinski definition) is 5. The normalized spacial score (nSPS) is 13.6. The topological polar surface area (TPSA) is 105 Å². The first-order valence-electron chi connectivity index (χ1n) is 5.84. The number of esters is 1. The Hall–Kier alpha value is -1.92. The SMILES string of the molecule is CC(=O)Oc1ccccc1COC(C)C(N)C(N)=O. The lowest BCUT2D eigenvalue weighted by Gasteiger charge is -2.18. The number of nitrogens with two attached hydrogens (primary N) is 2. The average molecular weight is 266 g/mol. The van der Waals surface area contributed by atoms with Gasteiger partial charge in [0.1, 0.15) is 11.8 Å². The van der Waals surface area contributed by atoms with E-state index in [1.165, 1.54) is 6.92 Å². The molecule has 0 heterocycles. The molecule has 0 aliphatic rings. The van der Waals surface area contributed by atoms with Crippen molar-refractivity contribution in [3.8, 4) is 5.75 Å². The zero-order chi connectivity index (χ0) is 14.4. The minimum Gasteiger partial charge on any atom is -0.426 e. The van der Waals surface area contributed by atoms with Crippen molar-refractivity contribution in [1.82, 2.24) is 0 Å². The Morgan fingerprint density at radius 3 is 2.53 bits per heavy atom. The van der Waals surface area contributed by atoms with Crippen molar-refractivity contribution in [2.45, 2.75) is 32.6 Å². The first-order chi connectivity index (χ1) is 8.91. The summed E-state index contributed by atoms with van der Waals surface area (Å²) in [5.74, 6) is -0.607. The second-order valence-corrected chi connectivity index (χ2v) is 4.15. The molecule has 0 aliphatic carbocycles. The van der Waals surface area contributed by atoms with Crippen LogP contribution in [0.1, 0.15) is 19.4 Å². The van der Waals surface area contributed by atoms with Crippen molar-refractivity contribution in [1.29, 1.82) is 0 Å². The van der Waals surface area contributed by atoms with E-state index < -0.39 is 24.0 Å². The molecule has 0 spiro atoms. The summed E-state index contributed by atoms with van der Waals surface area (Å²) in [5.41, 5.74) is 11.3. The number of primary amides is 1. The quantitative estimate of drug-likeness (QED) is 0.570. The Morgan fingerprint density at radius 1 is 1.32 bits per heavy atom. The minimum absolute atomic E-state index is 0.172. The Bertz CT molecular complexity index is 462.